The van der Waals surface area contributed by atoms with Gasteiger partial charge in [-0.2, -0.15) is 0 Å². The molecule has 0 unspecified atom stereocenters. The first kappa shape index (κ1) is 15.8. The molecule has 0 saturated carbocycles. The molecule has 40 valence electrons. The van der Waals surface area contributed by atoms with E-state index in [0.29, 0.717) is 0 Å². The Morgan fingerprint density at radius 3 is 1.14 bits per heavy atom. The van der Waals surface area contributed by atoms with Gasteiger partial charge < -0.3 is 23.9 Å². The van der Waals surface area contributed by atoms with Crippen LogP contribution in [0.15, 0.2) is 0 Å². The zero-order valence-electron chi connectivity index (χ0n) is 3.33. The minimum atomic E-state index is -4.86. The molecule has 0 bridgehead atoms. The molecule has 0 aromatic rings. The molecule has 0 amide bonds. The number of rotatable bonds is 0. The molecule has 0 radical (unpaired) electrons. The zero-order chi connectivity index (χ0) is 4.50. The first-order valence-electron chi connectivity index (χ1n) is 0.875. The van der Waals surface area contributed by atoms with Crippen molar-refractivity contribution in [2.24, 2.45) is 0 Å². The fourth-order valence-electron chi connectivity index (χ4n) is 0. The Balaban J connectivity index is -0.0000000800. The summed E-state index contributed by atoms with van der Waals surface area (Å²) in [5, 5.41) is 0. The molecule has 0 aromatic heterocycles. The van der Waals surface area contributed by atoms with Crippen molar-refractivity contribution in [1.29, 1.82) is 0 Å². The minimum Gasteiger partial charge on any atom is -1.00 e. The van der Waals surface area contributed by atoms with E-state index in [-0.39, 0.29) is 53.6 Å². The summed E-state index contributed by atoms with van der Waals surface area (Å²) in [6.07, 6.45) is 0. The molecule has 3 N–H and O–H groups in total. The van der Waals surface area contributed by atoms with Gasteiger partial charge in [-0.05, 0) is 0 Å². The molecule has 0 rings (SSSR count). The van der Waals surface area contributed by atoms with Crippen molar-refractivity contribution in [3.63, 3.8) is 0 Å². The van der Waals surface area contributed by atoms with Gasteiger partial charge in [-0.1, -0.05) is 0 Å². The summed E-state index contributed by atoms with van der Waals surface area (Å²) in [6, 6.07) is 0. The van der Waals surface area contributed by atoms with E-state index in [4.69, 9.17) is 19.2 Å². The fraction of sp³-hybridized carbons (Fsp3) is 0. The van der Waals surface area contributed by atoms with Crippen molar-refractivity contribution in [2.45, 2.75) is 0 Å². The van der Waals surface area contributed by atoms with Gasteiger partial charge in [-0.3, -0.25) is 0 Å². The SMILES string of the molecule is [Ba+2].[F-].[O-][Si](O)(O)O. The Kier molecular flexibility index (Phi) is 12.9. The van der Waals surface area contributed by atoms with Crippen molar-refractivity contribution in [2.75, 3.05) is 0 Å². The van der Waals surface area contributed by atoms with Gasteiger partial charge in [0.1, 0.15) is 0 Å². The third-order valence-corrected chi connectivity index (χ3v) is 0. The summed E-state index contributed by atoms with van der Waals surface area (Å²) >= 11 is 0. The zero-order valence-corrected chi connectivity index (χ0v) is 8.78. The maximum Gasteiger partial charge on any atom is 2.00 e. The Bertz CT molecular complexity index is 27.2. The summed E-state index contributed by atoms with van der Waals surface area (Å²) in [5.41, 5.74) is 0. The van der Waals surface area contributed by atoms with Gasteiger partial charge in [0.05, 0.1) is 0 Å². The van der Waals surface area contributed by atoms with Crippen LogP contribution in [0.3, 0.4) is 0 Å². The van der Waals surface area contributed by atoms with Crippen molar-refractivity contribution < 1.29 is 23.9 Å². The van der Waals surface area contributed by atoms with E-state index in [2.05, 4.69) is 0 Å². The molecule has 0 aliphatic rings. The Morgan fingerprint density at radius 1 is 1.14 bits per heavy atom. The monoisotopic (exact) mass is 252 g/mol. The fourth-order valence-corrected chi connectivity index (χ4v) is 0. The van der Waals surface area contributed by atoms with Crippen LogP contribution in [-0.2, 0) is 0 Å². The molecule has 0 heterocycles. The molecule has 0 aliphatic carbocycles. The molecule has 7 heteroatoms. The molecule has 0 aliphatic heterocycles. The number of halogens is 1. The molecule has 0 saturated heterocycles. The van der Waals surface area contributed by atoms with E-state index < -0.39 is 9.05 Å². The molecule has 0 fully saturated rings. The summed E-state index contributed by atoms with van der Waals surface area (Å²) in [6.45, 7) is 0. The van der Waals surface area contributed by atoms with Crippen LogP contribution in [0.5, 0.6) is 0 Å². The van der Waals surface area contributed by atoms with E-state index in [0.717, 1.165) is 0 Å². The van der Waals surface area contributed by atoms with Crippen LogP contribution in [0.1, 0.15) is 0 Å². The molecule has 0 aromatic carbocycles. The maximum absolute atomic E-state index is 8.91. The van der Waals surface area contributed by atoms with Crippen LogP contribution in [0.25, 0.3) is 0 Å². The summed E-state index contributed by atoms with van der Waals surface area (Å²) in [5.74, 6) is 0. The van der Waals surface area contributed by atoms with Crippen molar-refractivity contribution in [3.8, 4) is 0 Å². The molecular weight excluding hydrogens is 248 g/mol. The van der Waals surface area contributed by atoms with Gasteiger partial charge in [0, 0.05) is 0 Å². The van der Waals surface area contributed by atoms with Crippen LogP contribution in [0.2, 0.25) is 0 Å². The second kappa shape index (κ2) is 5.69. The van der Waals surface area contributed by atoms with E-state index in [1.54, 1.807) is 0 Å². The van der Waals surface area contributed by atoms with Crippen LogP contribution >= 0.6 is 0 Å². The summed E-state index contributed by atoms with van der Waals surface area (Å²) in [7, 11) is -4.86. The number of hydrogen-bond acceptors (Lipinski definition) is 4. The average Bonchev–Trinajstić information content (AvgIpc) is 0.722. The first-order chi connectivity index (χ1) is 2.00. The second-order valence-electron chi connectivity index (χ2n) is 0.574. The molecule has 4 nitrogen and oxygen atoms in total. The van der Waals surface area contributed by atoms with Crippen molar-refractivity contribution >= 4 is 57.9 Å². The maximum atomic E-state index is 8.91. The minimum absolute atomic E-state index is 0. The van der Waals surface area contributed by atoms with Gasteiger partial charge >= 0.3 is 57.9 Å². The summed E-state index contributed by atoms with van der Waals surface area (Å²) in [4.78, 5) is 30.6. The largest absolute Gasteiger partial charge is 2.00 e. The van der Waals surface area contributed by atoms with Crippen LogP contribution in [-0.4, -0.2) is 72.3 Å². The topological polar surface area (TPSA) is 83.8 Å². The van der Waals surface area contributed by atoms with Crippen LogP contribution < -0.4 is 9.50 Å². The van der Waals surface area contributed by atoms with Gasteiger partial charge in [-0.15, -0.1) is 0 Å². The van der Waals surface area contributed by atoms with Gasteiger partial charge in [0.25, 0.3) is 0 Å². The Morgan fingerprint density at radius 2 is 1.14 bits per heavy atom. The Labute approximate surface area is 80.7 Å². The van der Waals surface area contributed by atoms with E-state index in [1.165, 1.54) is 0 Å². The Hall–Kier alpha value is 1.56. The van der Waals surface area contributed by atoms with E-state index >= 15 is 0 Å². The molecule has 0 atom stereocenters. The third-order valence-electron chi connectivity index (χ3n) is 0. The first-order valence-corrected chi connectivity index (χ1v) is 2.62. The second-order valence-corrected chi connectivity index (χ2v) is 1.72. The predicted molar refractivity (Wildman–Crippen MR) is 18.2 cm³/mol. The van der Waals surface area contributed by atoms with Crippen molar-refractivity contribution in [1.82, 2.24) is 0 Å². The quantitative estimate of drug-likeness (QED) is 0.374. The average molecular weight is 251 g/mol. The van der Waals surface area contributed by atoms with Gasteiger partial charge in [0.2, 0.25) is 0 Å². The van der Waals surface area contributed by atoms with Crippen molar-refractivity contribution in [3.05, 3.63) is 0 Å². The molecule has 7 heavy (non-hydrogen) atoms. The molecule has 0 spiro atoms. The predicted octanol–water partition coefficient (Wildman–Crippen LogP) is -6.62. The summed E-state index contributed by atoms with van der Waals surface area (Å²) < 4.78 is 0. The number of hydrogen-bond donors (Lipinski definition) is 3. The smallest absolute Gasteiger partial charge is 1.00 e. The van der Waals surface area contributed by atoms with Crippen LogP contribution in [0.4, 0.5) is 0 Å². The normalized spacial score (nSPS) is 8.57. The van der Waals surface area contributed by atoms with Gasteiger partial charge in [-0.25, -0.2) is 0 Å². The van der Waals surface area contributed by atoms with Gasteiger partial charge in [0.15, 0.2) is 0 Å². The van der Waals surface area contributed by atoms with E-state index in [1.807, 2.05) is 0 Å². The van der Waals surface area contributed by atoms with Crippen LogP contribution in [0, 0.1) is 0 Å². The third kappa shape index (κ3) is 96.2. The van der Waals surface area contributed by atoms with E-state index in [9.17, 15) is 0 Å². The molecular formula is H3BaFO4Si. The standard InChI is InChI=1S/Ba.FH.H3O4Si/c;;1-5(2,3)4/h;1H;1-3H/q+2;;-1/p-1.